The van der Waals surface area contributed by atoms with E-state index >= 15 is 0 Å². The Morgan fingerprint density at radius 3 is 2.38 bits per heavy atom. The lowest BCUT2D eigenvalue weighted by Gasteiger charge is -2.47. The van der Waals surface area contributed by atoms with Gasteiger partial charge in [0.05, 0.1) is 19.8 Å². The van der Waals surface area contributed by atoms with Crippen molar-refractivity contribution in [1.29, 1.82) is 0 Å². The molecule has 0 bridgehead atoms. The van der Waals surface area contributed by atoms with Crippen LogP contribution in [0.15, 0.2) is 0 Å². The maximum absolute atomic E-state index is 10.7. The second-order valence-corrected chi connectivity index (χ2v) is 4.24. The fourth-order valence-corrected chi connectivity index (χ4v) is 2.09. The van der Waals surface area contributed by atoms with Gasteiger partial charge in [0.15, 0.2) is 0 Å². The summed E-state index contributed by atoms with van der Waals surface area (Å²) in [6.07, 6.45) is 2.31. The number of nitrogens with two attached hydrogens (primary N) is 1. The second kappa shape index (κ2) is 3.27. The summed E-state index contributed by atoms with van der Waals surface area (Å²) in [5.74, 6) is -0.221. The molecule has 1 amide bonds. The van der Waals surface area contributed by atoms with Gasteiger partial charge in [-0.3, -0.25) is 9.69 Å². The van der Waals surface area contributed by atoms with E-state index in [0.717, 1.165) is 39.1 Å². The molecule has 0 aromatic heterocycles. The number of hydrogen-bond donors (Lipinski definition) is 1. The van der Waals surface area contributed by atoms with E-state index in [-0.39, 0.29) is 5.91 Å². The third-order valence-corrected chi connectivity index (χ3v) is 3.11. The van der Waals surface area contributed by atoms with Crippen LogP contribution < -0.4 is 5.73 Å². The molecule has 2 saturated heterocycles. The van der Waals surface area contributed by atoms with E-state index in [4.69, 9.17) is 10.5 Å². The summed E-state index contributed by atoms with van der Waals surface area (Å²) >= 11 is 0. The topological polar surface area (TPSA) is 55.6 Å². The maximum atomic E-state index is 10.7. The van der Waals surface area contributed by atoms with E-state index in [0.29, 0.717) is 12.0 Å². The van der Waals surface area contributed by atoms with Crippen LogP contribution in [0.4, 0.5) is 0 Å². The zero-order valence-corrected chi connectivity index (χ0v) is 7.79. The molecule has 2 heterocycles. The largest absolute Gasteiger partial charge is 0.380 e. The Balaban J connectivity index is 1.79. The van der Waals surface area contributed by atoms with E-state index in [1.165, 1.54) is 0 Å². The smallest absolute Gasteiger partial charge is 0.231 e. The maximum Gasteiger partial charge on any atom is 0.231 e. The van der Waals surface area contributed by atoms with Crippen LogP contribution in [0.5, 0.6) is 0 Å². The molecule has 0 saturated carbocycles. The highest BCUT2D eigenvalue weighted by molar-refractivity contribution is 5.75. The molecular formula is C9H16N2O2. The van der Waals surface area contributed by atoms with Crippen LogP contribution in [0.3, 0.4) is 0 Å². The number of piperidine rings is 1. The van der Waals surface area contributed by atoms with Gasteiger partial charge in [-0.25, -0.2) is 0 Å². The Labute approximate surface area is 78.0 Å². The fraction of sp³-hybridized carbons (Fsp3) is 0.889. The molecule has 0 aromatic rings. The number of carbonyl (C=O) groups is 1. The predicted molar refractivity (Wildman–Crippen MR) is 48.1 cm³/mol. The molecule has 0 atom stereocenters. The van der Waals surface area contributed by atoms with Gasteiger partial charge < -0.3 is 10.5 Å². The second-order valence-electron chi connectivity index (χ2n) is 4.24. The summed E-state index contributed by atoms with van der Waals surface area (Å²) in [6.45, 7) is 4.23. The van der Waals surface area contributed by atoms with Gasteiger partial charge in [0.25, 0.3) is 0 Å². The lowest BCUT2D eigenvalue weighted by atomic mass is 9.77. The van der Waals surface area contributed by atoms with Gasteiger partial charge in [0, 0.05) is 5.41 Å². The van der Waals surface area contributed by atoms with Gasteiger partial charge in [0.1, 0.15) is 0 Å². The first-order valence-electron chi connectivity index (χ1n) is 4.79. The first-order valence-corrected chi connectivity index (χ1v) is 4.79. The van der Waals surface area contributed by atoms with Gasteiger partial charge in [-0.1, -0.05) is 0 Å². The lowest BCUT2D eigenvalue weighted by Crippen LogP contribution is -2.52. The van der Waals surface area contributed by atoms with Crippen molar-refractivity contribution in [1.82, 2.24) is 4.90 Å². The third-order valence-electron chi connectivity index (χ3n) is 3.11. The van der Waals surface area contributed by atoms with Crippen LogP contribution in [0.2, 0.25) is 0 Å². The molecule has 0 radical (unpaired) electrons. The molecule has 0 unspecified atom stereocenters. The summed E-state index contributed by atoms with van der Waals surface area (Å²) in [4.78, 5) is 12.8. The van der Waals surface area contributed by atoms with Gasteiger partial charge in [-0.2, -0.15) is 0 Å². The zero-order chi connectivity index (χ0) is 9.31. The quantitative estimate of drug-likeness (QED) is 0.634. The van der Waals surface area contributed by atoms with E-state index in [9.17, 15) is 4.79 Å². The van der Waals surface area contributed by atoms with Gasteiger partial charge >= 0.3 is 0 Å². The Kier molecular flexibility index (Phi) is 2.26. The van der Waals surface area contributed by atoms with Crippen LogP contribution in [0.1, 0.15) is 12.8 Å². The number of carbonyl (C=O) groups excluding carboxylic acids is 1. The molecule has 2 aliphatic heterocycles. The van der Waals surface area contributed by atoms with Crippen molar-refractivity contribution >= 4 is 5.91 Å². The molecular weight excluding hydrogens is 168 g/mol. The molecule has 2 N–H and O–H groups in total. The van der Waals surface area contributed by atoms with Crippen LogP contribution in [0, 0.1) is 5.41 Å². The summed E-state index contributed by atoms with van der Waals surface area (Å²) in [5.41, 5.74) is 5.58. The lowest BCUT2D eigenvalue weighted by molar-refractivity contribution is -0.142. The average molecular weight is 184 g/mol. The number of likely N-dealkylation sites (tertiary alicyclic amines) is 1. The number of ether oxygens (including phenoxy) is 1. The van der Waals surface area contributed by atoms with Crippen molar-refractivity contribution < 1.29 is 9.53 Å². The monoisotopic (exact) mass is 184 g/mol. The number of hydrogen-bond acceptors (Lipinski definition) is 3. The van der Waals surface area contributed by atoms with Gasteiger partial charge in [-0.15, -0.1) is 0 Å². The molecule has 13 heavy (non-hydrogen) atoms. The fourth-order valence-electron chi connectivity index (χ4n) is 2.09. The number of primary amides is 1. The molecule has 4 nitrogen and oxygen atoms in total. The molecule has 2 fully saturated rings. The highest BCUT2D eigenvalue weighted by Crippen LogP contribution is 2.38. The number of amides is 1. The van der Waals surface area contributed by atoms with E-state index in [2.05, 4.69) is 4.90 Å². The molecule has 0 aliphatic carbocycles. The Morgan fingerprint density at radius 1 is 1.38 bits per heavy atom. The molecule has 4 heteroatoms. The van der Waals surface area contributed by atoms with E-state index in [1.54, 1.807) is 0 Å². The minimum Gasteiger partial charge on any atom is -0.380 e. The van der Waals surface area contributed by atoms with Crippen molar-refractivity contribution in [2.45, 2.75) is 12.8 Å². The summed E-state index contributed by atoms with van der Waals surface area (Å²) in [7, 11) is 0. The van der Waals surface area contributed by atoms with Gasteiger partial charge in [0.2, 0.25) is 5.91 Å². The molecule has 74 valence electrons. The third kappa shape index (κ3) is 1.84. The van der Waals surface area contributed by atoms with Crippen LogP contribution in [-0.4, -0.2) is 43.7 Å². The standard InChI is InChI=1S/C9H16N2O2/c10-8(12)5-11-3-1-9(2-4-11)6-13-7-9/h1-7H2,(H2,10,12). The zero-order valence-electron chi connectivity index (χ0n) is 7.79. The number of nitrogens with zero attached hydrogens (tertiary/aromatic N) is 1. The number of rotatable bonds is 2. The Bertz CT molecular complexity index is 204. The van der Waals surface area contributed by atoms with Crippen molar-refractivity contribution in [3.63, 3.8) is 0 Å². The van der Waals surface area contributed by atoms with Crippen molar-refractivity contribution in [3.8, 4) is 0 Å². The van der Waals surface area contributed by atoms with Crippen molar-refractivity contribution in [3.05, 3.63) is 0 Å². The average Bonchev–Trinajstić information content (AvgIpc) is 2.02. The van der Waals surface area contributed by atoms with E-state index in [1.807, 2.05) is 0 Å². The van der Waals surface area contributed by atoms with Crippen molar-refractivity contribution in [2.75, 3.05) is 32.8 Å². The first kappa shape index (κ1) is 8.97. The van der Waals surface area contributed by atoms with Crippen LogP contribution >= 0.6 is 0 Å². The van der Waals surface area contributed by atoms with Crippen LogP contribution in [0.25, 0.3) is 0 Å². The first-order chi connectivity index (χ1) is 6.20. The highest BCUT2D eigenvalue weighted by Gasteiger charge is 2.41. The summed E-state index contributed by atoms with van der Waals surface area (Å²) < 4.78 is 5.22. The normalized spacial score (nSPS) is 27.1. The Morgan fingerprint density at radius 2 is 2.00 bits per heavy atom. The molecule has 2 aliphatic rings. The summed E-state index contributed by atoms with van der Waals surface area (Å²) in [6, 6.07) is 0. The molecule has 0 aromatic carbocycles. The minimum atomic E-state index is -0.221. The van der Waals surface area contributed by atoms with Crippen LogP contribution in [-0.2, 0) is 9.53 Å². The molecule has 2 rings (SSSR count). The SMILES string of the molecule is NC(=O)CN1CCC2(CC1)COC2. The summed E-state index contributed by atoms with van der Waals surface area (Å²) in [5, 5.41) is 0. The van der Waals surface area contributed by atoms with E-state index < -0.39 is 0 Å². The Hall–Kier alpha value is -0.610. The highest BCUT2D eigenvalue weighted by atomic mass is 16.5. The van der Waals surface area contributed by atoms with Gasteiger partial charge in [-0.05, 0) is 25.9 Å². The minimum absolute atomic E-state index is 0.221. The molecule has 1 spiro atoms. The predicted octanol–water partition coefficient (Wildman–Crippen LogP) is -0.416. The van der Waals surface area contributed by atoms with Crippen molar-refractivity contribution in [2.24, 2.45) is 11.1 Å².